The van der Waals surface area contributed by atoms with Crippen LogP contribution in [0.1, 0.15) is 23.6 Å². The molecule has 9 heteroatoms. The zero-order valence-electron chi connectivity index (χ0n) is 20.5. The number of amides is 1. The van der Waals surface area contributed by atoms with Crippen molar-refractivity contribution in [3.8, 4) is 23.3 Å². The largest absolute Gasteiger partial charge is 0.497 e. The Morgan fingerprint density at radius 1 is 1.20 bits per heavy atom. The fourth-order valence-electron chi connectivity index (χ4n) is 4.14. The first-order chi connectivity index (χ1) is 16.9. The number of carbonyl (C=O) groups excluding carboxylic acids is 1. The maximum absolute atomic E-state index is 12.6. The average Bonchev–Trinajstić information content (AvgIpc) is 3.48. The maximum atomic E-state index is 12.6. The monoisotopic (exact) mass is 474 g/mol. The Morgan fingerprint density at radius 2 is 1.94 bits per heavy atom. The van der Waals surface area contributed by atoms with Gasteiger partial charge < -0.3 is 29.6 Å². The highest BCUT2D eigenvalue weighted by Crippen LogP contribution is 2.31. The second-order valence-corrected chi connectivity index (χ2v) is 8.65. The van der Waals surface area contributed by atoms with E-state index in [1.165, 1.54) is 6.33 Å². The first-order valence-electron chi connectivity index (χ1n) is 11.4. The lowest BCUT2D eigenvalue weighted by Crippen LogP contribution is -2.27. The summed E-state index contributed by atoms with van der Waals surface area (Å²) in [5.74, 6) is 8.12. The Labute approximate surface area is 205 Å². The van der Waals surface area contributed by atoms with Gasteiger partial charge in [0.1, 0.15) is 29.3 Å². The number of nitrogens with two attached hydrogens (primary N) is 1. The summed E-state index contributed by atoms with van der Waals surface area (Å²) in [5.41, 5.74) is 8.43. The first-order valence-corrected chi connectivity index (χ1v) is 11.4. The molecule has 9 nitrogen and oxygen atoms in total. The van der Waals surface area contributed by atoms with E-state index in [4.69, 9.17) is 15.2 Å². The number of likely N-dealkylation sites (tertiary alicyclic amines) is 1. The quantitative estimate of drug-likeness (QED) is 0.432. The van der Waals surface area contributed by atoms with E-state index in [0.717, 1.165) is 24.1 Å². The standard InChI is InChI=1S/C26H30N6O3/c1-30(2)10-5-6-23(33)31-11-9-20(16-31)32-15-19(24-25(27)28-17-29-26(24)32)8-7-18-12-21(34-3)14-22(13-18)35-4/h5-6,12-15,17,20H,9-11,16H2,1-4H3,(H2,27,28,29)/b6-5+/t20-/m0/s1. The van der Waals surface area contributed by atoms with E-state index in [0.29, 0.717) is 41.4 Å². The van der Waals surface area contributed by atoms with E-state index in [1.807, 2.05) is 48.3 Å². The number of likely N-dealkylation sites (N-methyl/N-ethyl adjacent to an activating group) is 1. The number of methoxy groups -OCH3 is 2. The predicted molar refractivity (Wildman–Crippen MR) is 135 cm³/mol. The predicted octanol–water partition coefficient (Wildman–Crippen LogP) is 2.32. The fourth-order valence-corrected chi connectivity index (χ4v) is 4.14. The summed E-state index contributed by atoms with van der Waals surface area (Å²) < 4.78 is 12.8. The molecule has 3 aromatic rings. The highest BCUT2D eigenvalue weighted by atomic mass is 16.5. The molecule has 0 saturated carbocycles. The number of benzene rings is 1. The van der Waals surface area contributed by atoms with E-state index < -0.39 is 0 Å². The van der Waals surface area contributed by atoms with Gasteiger partial charge in [0.05, 0.1) is 31.2 Å². The van der Waals surface area contributed by atoms with Crippen molar-refractivity contribution in [2.75, 3.05) is 53.7 Å². The van der Waals surface area contributed by atoms with Gasteiger partial charge in [-0.05, 0) is 32.6 Å². The Bertz CT molecular complexity index is 1300. The van der Waals surface area contributed by atoms with Gasteiger partial charge in [-0.2, -0.15) is 0 Å². The van der Waals surface area contributed by atoms with Crippen LogP contribution in [0.4, 0.5) is 5.82 Å². The molecule has 35 heavy (non-hydrogen) atoms. The molecule has 2 aromatic heterocycles. The Balaban J connectivity index is 1.63. The number of carbonyl (C=O) groups is 1. The number of ether oxygens (including phenoxy) is 2. The number of anilines is 1. The third kappa shape index (κ3) is 5.39. The van der Waals surface area contributed by atoms with Crippen molar-refractivity contribution in [3.05, 3.63) is 54.0 Å². The minimum atomic E-state index is 0.0203. The Morgan fingerprint density at radius 3 is 2.63 bits per heavy atom. The second-order valence-electron chi connectivity index (χ2n) is 8.65. The summed E-state index contributed by atoms with van der Waals surface area (Å²) in [6.07, 6.45) is 7.77. The topological polar surface area (TPSA) is 98.7 Å². The molecule has 1 atom stereocenters. The molecule has 1 aliphatic rings. The molecular formula is C26H30N6O3. The molecule has 4 rings (SSSR count). The summed E-state index contributed by atoms with van der Waals surface area (Å²) in [6.45, 7) is 2.00. The van der Waals surface area contributed by atoms with Gasteiger partial charge in [0.2, 0.25) is 5.91 Å². The summed E-state index contributed by atoms with van der Waals surface area (Å²) in [7, 11) is 7.14. The molecule has 1 saturated heterocycles. The molecule has 0 spiro atoms. The van der Waals surface area contributed by atoms with Crippen LogP contribution in [-0.4, -0.2) is 78.2 Å². The van der Waals surface area contributed by atoms with Gasteiger partial charge in [0, 0.05) is 43.5 Å². The normalized spacial score (nSPS) is 15.6. The second kappa shape index (κ2) is 10.5. The van der Waals surface area contributed by atoms with Crippen LogP contribution in [0, 0.1) is 11.8 Å². The van der Waals surface area contributed by atoms with E-state index in [2.05, 4.69) is 26.4 Å². The minimum absolute atomic E-state index is 0.0203. The van der Waals surface area contributed by atoms with Gasteiger partial charge in [0.25, 0.3) is 0 Å². The van der Waals surface area contributed by atoms with Crippen LogP contribution in [0.3, 0.4) is 0 Å². The average molecular weight is 475 g/mol. The first kappa shape index (κ1) is 24.1. The Kier molecular flexibility index (Phi) is 7.22. The molecule has 182 valence electrons. The smallest absolute Gasteiger partial charge is 0.246 e. The van der Waals surface area contributed by atoms with Gasteiger partial charge in [-0.25, -0.2) is 9.97 Å². The molecular weight excluding hydrogens is 444 g/mol. The highest BCUT2D eigenvalue weighted by molar-refractivity contribution is 5.92. The van der Waals surface area contributed by atoms with E-state index in [9.17, 15) is 4.79 Å². The Hall–Kier alpha value is -4.03. The van der Waals surface area contributed by atoms with Crippen molar-refractivity contribution in [3.63, 3.8) is 0 Å². The summed E-state index contributed by atoms with van der Waals surface area (Å²) in [5, 5.41) is 0.713. The molecule has 1 amide bonds. The van der Waals surface area contributed by atoms with Gasteiger partial charge in [0.15, 0.2) is 0 Å². The van der Waals surface area contributed by atoms with E-state index in [1.54, 1.807) is 26.4 Å². The highest BCUT2D eigenvalue weighted by Gasteiger charge is 2.28. The molecule has 0 unspecified atom stereocenters. The van der Waals surface area contributed by atoms with Crippen molar-refractivity contribution in [1.29, 1.82) is 0 Å². The van der Waals surface area contributed by atoms with Crippen LogP contribution in [0.2, 0.25) is 0 Å². The molecule has 1 aliphatic heterocycles. The molecule has 0 aliphatic carbocycles. The van der Waals surface area contributed by atoms with Gasteiger partial charge >= 0.3 is 0 Å². The molecule has 1 aromatic carbocycles. The van der Waals surface area contributed by atoms with Crippen LogP contribution in [-0.2, 0) is 4.79 Å². The number of hydrogen-bond donors (Lipinski definition) is 1. The van der Waals surface area contributed by atoms with Gasteiger partial charge in [-0.15, -0.1) is 0 Å². The van der Waals surface area contributed by atoms with Crippen molar-refractivity contribution in [1.82, 2.24) is 24.3 Å². The minimum Gasteiger partial charge on any atom is -0.497 e. The third-order valence-corrected chi connectivity index (χ3v) is 5.93. The number of nitrogen functional groups attached to an aromatic ring is 1. The number of nitrogens with zero attached hydrogens (tertiary/aromatic N) is 5. The SMILES string of the molecule is COc1cc(C#Cc2cn([C@H]3CCN(C(=O)/C=C/CN(C)C)C3)c3ncnc(N)c23)cc(OC)c1. The molecule has 0 bridgehead atoms. The molecule has 1 fully saturated rings. The molecule has 3 heterocycles. The lowest BCUT2D eigenvalue weighted by atomic mass is 10.1. The number of rotatable bonds is 6. The molecule has 0 radical (unpaired) electrons. The van der Waals surface area contributed by atoms with Crippen LogP contribution in [0.5, 0.6) is 11.5 Å². The van der Waals surface area contributed by atoms with Gasteiger partial charge in [-0.3, -0.25) is 4.79 Å². The van der Waals surface area contributed by atoms with Crippen molar-refractivity contribution < 1.29 is 14.3 Å². The van der Waals surface area contributed by atoms with Gasteiger partial charge in [-0.1, -0.05) is 17.9 Å². The summed E-state index contributed by atoms with van der Waals surface area (Å²) >= 11 is 0. The number of fused-ring (bicyclic) bond motifs is 1. The van der Waals surface area contributed by atoms with Crippen molar-refractivity contribution in [2.24, 2.45) is 0 Å². The van der Waals surface area contributed by atoms with Crippen LogP contribution >= 0.6 is 0 Å². The zero-order chi connectivity index (χ0) is 24.9. The van der Waals surface area contributed by atoms with E-state index >= 15 is 0 Å². The van der Waals surface area contributed by atoms with E-state index in [-0.39, 0.29) is 11.9 Å². The zero-order valence-corrected chi connectivity index (χ0v) is 20.5. The maximum Gasteiger partial charge on any atom is 0.246 e. The van der Waals surface area contributed by atoms with Crippen LogP contribution in [0.25, 0.3) is 11.0 Å². The third-order valence-electron chi connectivity index (χ3n) is 5.93. The van der Waals surface area contributed by atoms with Crippen LogP contribution < -0.4 is 15.2 Å². The number of aromatic nitrogens is 3. The number of hydrogen-bond acceptors (Lipinski definition) is 7. The fraction of sp³-hybridized carbons (Fsp3) is 0.346. The van der Waals surface area contributed by atoms with Crippen molar-refractivity contribution >= 4 is 22.8 Å². The summed E-state index contributed by atoms with van der Waals surface area (Å²) in [6, 6.07) is 5.56. The van der Waals surface area contributed by atoms with Crippen molar-refractivity contribution in [2.45, 2.75) is 12.5 Å². The lowest BCUT2D eigenvalue weighted by Gasteiger charge is -2.16. The van der Waals surface area contributed by atoms with Crippen LogP contribution in [0.15, 0.2) is 42.9 Å². The lowest BCUT2D eigenvalue weighted by molar-refractivity contribution is -0.125. The summed E-state index contributed by atoms with van der Waals surface area (Å²) in [4.78, 5) is 25.2. The molecule has 2 N–H and O–H groups in total.